The van der Waals surface area contributed by atoms with Crippen molar-refractivity contribution in [1.29, 1.82) is 0 Å². The molecule has 1 fully saturated rings. The van der Waals surface area contributed by atoms with Crippen LogP contribution in [0.3, 0.4) is 0 Å². The highest BCUT2D eigenvalue weighted by atomic mass is 16.8. The SMILES string of the molecule is CC[C@]12Oc3cc(OC)ccc3C(=O)[C@@]1(c1ccccc1)O2. The predicted molar refractivity (Wildman–Crippen MR) is 80.2 cm³/mol. The Bertz CT molecular complexity index is 755. The molecular weight excluding hydrogens is 280 g/mol. The van der Waals surface area contributed by atoms with Crippen molar-refractivity contribution < 1.29 is 19.0 Å². The molecule has 0 saturated carbocycles. The van der Waals surface area contributed by atoms with Gasteiger partial charge in [0, 0.05) is 12.5 Å². The molecule has 2 aliphatic heterocycles. The average molecular weight is 296 g/mol. The van der Waals surface area contributed by atoms with Crippen molar-refractivity contribution in [3.8, 4) is 11.5 Å². The summed E-state index contributed by atoms with van der Waals surface area (Å²) in [6.45, 7) is 1.96. The second-order valence-electron chi connectivity index (χ2n) is 5.55. The fraction of sp³-hybridized carbons (Fsp3) is 0.278. The molecule has 2 aromatic rings. The number of carbonyl (C=O) groups is 1. The molecule has 2 heterocycles. The minimum atomic E-state index is -1.02. The lowest BCUT2D eigenvalue weighted by molar-refractivity contribution is 0.0546. The van der Waals surface area contributed by atoms with Crippen LogP contribution in [0.5, 0.6) is 11.5 Å². The van der Waals surface area contributed by atoms with Gasteiger partial charge < -0.3 is 14.2 Å². The van der Waals surface area contributed by atoms with Crippen LogP contribution >= 0.6 is 0 Å². The van der Waals surface area contributed by atoms with Gasteiger partial charge in [0.25, 0.3) is 5.79 Å². The molecule has 4 nitrogen and oxygen atoms in total. The second-order valence-corrected chi connectivity index (χ2v) is 5.55. The fourth-order valence-corrected chi connectivity index (χ4v) is 3.28. The first-order chi connectivity index (χ1) is 10.7. The van der Waals surface area contributed by atoms with Gasteiger partial charge in [-0.2, -0.15) is 0 Å². The van der Waals surface area contributed by atoms with Crippen molar-refractivity contribution in [1.82, 2.24) is 0 Å². The summed E-state index contributed by atoms with van der Waals surface area (Å²) >= 11 is 0. The van der Waals surface area contributed by atoms with Crippen LogP contribution in [0.1, 0.15) is 29.3 Å². The first-order valence-electron chi connectivity index (χ1n) is 7.34. The number of Topliss-reactive ketones (excluding diaryl/α,β-unsaturated/α-hetero) is 1. The fourth-order valence-electron chi connectivity index (χ4n) is 3.28. The highest BCUT2D eigenvalue weighted by Gasteiger charge is 2.79. The lowest BCUT2D eigenvalue weighted by atomic mass is 9.82. The molecule has 22 heavy (non-hydrogen) atoms. The van der Waals surface area contributed by atoms with Gasteiger partial charge >= 0.3 is 0 Å². The summed E-state index contributed by atoms with van der Waals surface area (Å²) in [4.78, 5) is 13.1. The third-order valence-electron chi connectivity index (χ3n) is 4.49. The Morgan fingerprint density at radius 3 is 2.59 bits per heavy atom. The first-order valence-corrected chi connectivity index (χ1v) is 7.34. The Morgan fingerprint density at radius 2 is 1.91 bits per heavy atom. The monoisotopic (exact) mass is 296 g/mol. The zero-order valence-electron chi connectivity index (χ0n) is 12.5. The Kier molecular flexibility index (Phi) is 2.63. The number of rotatable bonds is 3. The van der Waals surface area contributed by atoms with Gasteiger partial charge in [0.1, 0.15) is 11.5 Å². The van der Waals surface area contributed by atoms with Gasteiger partial charge in [0.05, 0.1) is 12.7 Å². The number of epoxide rings is 1. The molecule has 2 aliphatic rings. The summed E-state index contributed by atoms with van der Waals surface area (Å²) in [5.74, 6) is 0.218. The highest BCUT2D eigenvalue weighted by molar-refractivity contribution is 6.09. The Labute approximate surface area is 128 Å². The predicted octanol–water partition coefficient (Wildman–Crippen LogP) is 3.30. The molecule has 1 saturated heterocycles. The Morgan fingerprint density at radius 1 is 1.14 bits per heavy atom. The van der Waals surface area contributed by atoms with Crippen molar-refractivity contribution in [2.75, 3.05) is 7.11 Å². The van der Waals surface area contributed by atoms with E-state index < -0.39 is 11.4 Å². The number of hydrogen-bond acceptors (Lipinski definition) is 4. The number of benzene rings is 2. The molecule has 112 valence electrons. The van der Waals surface area contributed by atoms with Gasteiger partial charge in [0.2, 0.25) is 11.4 Å². The van der Waals surface area contributed by atoms with E-state index in [0.717, 1.165) is 5.56 Å². The van der Waals surface area contributed by atoms with Gasteiger partial charge in [-0.3, -0.25) is 4.79 Å². The molecule has 0 bridgehead atoms. The van der Waals surface area contributed by atoms with Gasteiger partial charge in [-0.05, 0) is 17.7 Å². The lowest BCUT2D eigenvalue weighted by Crippen LogP contribution is -2.40. The molecule has 4 heteroatoms. The van der Waals surface area contributed by atoms with Crippen LogP contribution in [0.4, 0.5) is 0 Å². The number of ether oxygens (including phenoxy) is 3. The minimum Gasteiger partial charge on any atom is -0.497 e. The second kappa shape index (κ2) is 4.34. The normalized spacial score (nSPS) is 28.4. The number of ketones is 1. The quantitative estimate of drug-likeness (QED) is 0.815. The number of fused-ring (bicyclic) bond motifs is 2. The summed E-state index contributed by atoms with van der Waals surface area (Å²) < 4.78 is 17.2. The van der Waals surface area contributed by atoms with E-state index in [1.807, 2.05) is 37.3 Å². The maximum Gasteiger partial charge on any atom is 0.253 e. The molecule has 2 aromatic carbocycles. The number of carbonyl (C=O) groups excluding carboxylic acids is 1. The third-order valence-corrected chi connectivity index (χ3v) is 4.49. The van der Waals surface area contributed by atoms with Gasteiger partial charge in [-0.15, -0.1) is 0 Å². The van der Waals surface area contributed by atoms with Crippen LogP contribution in [0, 0.1) is 0 Å². The molecule has 0 aromatic heterocycles. The summed E-state index contributed by atoms with van der Waals surface area (Å²) in [6.07, 6.45) is 0.588. The Balaban J connectivity index is 1.88. The standard InChI is InChI=1S/C18H16O4/c1-3-17-18(22-17,12-7-5-4-6-8-12)16(19)14-10-9-13(20-2)11-15(14)21-17/h4-11H,3H2,1-2H3/t17-,18-/m1/s1. The van der Waals surface area contributed by atoms with Crippen molar-refractivity contribution in [3.63, 3.8) is 0 Å². The zero-order valence-corrected chi connectivity index (χ0v) is 12.5. The summed E-state index contributed by atoms with van der Waals surface area (Å²) in [5, 5.41) is 0. The van der Waals surface area contributed by atoms with Crippen LogP contribution in [0.25, 0.3) is 0 Å². The van der Waals surface area contributed by atoms with Crippen LogP contribution in [0.15, 0.2) is 48.5 Å². The zero-order chi connectivity index (χ0) is 15.4. The van der Waals surface area contributed by atoms with Crippen LogP contribution in [-0.2, 0) is 10.3 Å². The molecule has 0 unspecified atom stereocenters. The van der Waals surface area contributed by atoms with Gasteiger partial charge in [-0.25, -0.2) is 0 Å². The van der Waals surface area contributed by atoms with Crippen molar-refractivity contribution in [3.05, 3.63) is 59.7 Å². The number of methoxy groups -OCH3 is 1. The summed E-state index contributed by atoms with van der Waals surface area (Å²) in [5.41, 5.74) is 0.347. The maximum atomic E-state index is 13.1. The van der Waals surface area contributed by atoms with E-state index in [4.69, 9.17) is 14.2 Å². The van der Waals surface area contributed by atoms with Crippen LogP contribution < -0.4 is 9.47 Å². The molecule has 0 radical (unpaired) electrons. The first kappa shape index (κ1) is 13.3. The van der Waals surface area contributed by atoms with Crippen molar-refractivity contribution in [2.45, 2.75) is 24.7 Å². The maximum absolute atomic E-state index is 13.1. The average Bonchev–Trinajstić information content (AvgIpc) is 3.26. The van der Waals surface area contributed by atoms with Crippen LogP contribution in [-0.4, -0.2) is 18.7 Å². The molecular formula is C18H16O4. The van der Waals surface area contributed by atoms with E-state index in [2.05, 4.69) is 0 Å². The Hall–Kier alpha value is -2.33. The van der Waals surface area contributed by atoms with Crippen molar-refractivity contribution in [2.24, 2.45) is 0 Å². The third kappa shape index (κ3) is 1.48. The summed E-state index contributed by atoms with van der Waals surface area (Å²) in [6, 6.07) is 14.8. The molecule has 4 rings (SSSR count). The topological polar surface area (TPSA) is 48.1 Å². The highest BCUT2D eigenvalue weighted by Crippen LogP contribution is 2.63. The van der Waals surface area contributed by atoms with Crippen molar-refractivity contribution >= 4 is 5.78 Å². The van der Waals surface area contributed by atoms with E-state index in [0.29, 0.717) is 23.5 Å². The van der Waals surface area contributed by atoms with E-state index in [-0.39, 0.29) is 5.78 Å². The lowest BCUT2D eigenvalue weighted by Gasteiger charge is -2.26. The number of hydrogen-bond donors (Lipinski definition) is 0. The molecule has 0 spiro atoms. The van der Waals surface area contributed by atoms with E-state index in [1.54, 1.807) is 25.3 Å². The molecule has 0 N–H and O–H groups in total. The van der Waals surface area contributed by atoms with Gasteiger partial charge in [-0.1, -0.05) is 37.3 Å². The molecule has 2 atom stereocenters. The van der Waals surface area contributed by atoms with Crippen LogP contribution in [0.2, 0.25) is 0 Å². The summed E-state index contributed by atoms with van der Waals surface area (Å²) in [7, 11) is 1.59. The largest absolute Gasteiger partial charge is 0.497 e. The van der Waals surface area contributed by atoms with E-state index in [1.165, 1.54) is 0 Å². The smallest absolute Gasteiger partial charge is 0.253 e. The van der Waals surface area contributed by atoms with E-state index in [9.17, 15) is 4.79 Å². The minimum absolute atomic E-state index is 0.0514. The van der Waals surface area contributed by atoms with E-state index >= 15 is 0 Å². The molecule has 0 aliphatic carbocycles. The molecule has 0 amide bonds. The van der Waals surface area contributed by atoms with Gasteiger partial charge in [0.15, 0.2) is 0 Å².